The molecule has 3 rings (SSSR count). The van der Waals surface area contributed by atoms with Gasteiger partial charge in [-0.15, -0.1) is 0 Å². The van der Waals surface area contributed by atoms with Gasteiger partial charge < -0.3 is 4.90 Å². The number of alkyl halides is 1. The zero-order chi connectivity index (χ0) is 13.2. The maximum Gasteiger partial charge on any atom is 0.0642 e. The van der Waals surface area contributed by atoms with Crippen molar-refractivity contribution in [3.8, 4) is 0 Å². The number of para-hydroxylation sites is 1. The Labute approximate surface area is 129 Å². The number of hydrogen-bond donors (Lipinski definition) is 0. The van der Waals surface area contributed by atoms with Crippen LogP contribution in [0.4, 0.5) is 5.69 Å². The molecule has 0 bridgehead atoms. The quantitative estimate of drug-likeness (QED) is 0.651. The van der Waals surface area contributed by atoms with Crippen LogP contribution in [0.1, 0.15) is 44.1 Å². The molecule has 1 saturated carbocycles. The summed E-state index contributed by atoms with van der Waals surface area (Å²) >= 11 is 10.1. The van der Waals surface area contributed by atoms with Gasteiger partial charge in [0, 0.05) is 17.9 Å². The SMILES string of the molecule is Clc1cccc(CBr)c1N1CCCC2CCCCC21. The molecule has 1 nitrogen and oxygen atoms in total. The summed E-state index contributed by atoms with van der Waals surface area (Å²) in [6.45, 7) is 1.17. The van der Waals surface area contributed by atoms with Gasteiger partial charge in [-0.3, -0.25) is 0 Å². The minimum atomic E-state index is 0.722. The number of benzene rings is 1. The fourth-order valence-corrected chi connectivity index (χ4v) is 4.65. The van der Waals surface area contributed by atoms with E-state index in [1.807, 2.05) is 6.07 Å². The zero-order valence-corrected chi connectivity index (χ0v) is 13.6. The smallest absolute Gasteiger partial charge is 0.0642 e. The van der Waals surface area contributed by atoms with Gasteiger partial charge >= 0.3 is 0 Å². The maximum atomic E-state index is 6.51. The number of hydrogen-bond acceptors (Lipinski definition) is 1. The van der Waals surface area contributed by atoms with Crippen molar-refractivity contribution in [2.45, 2.75) is 49.9 Å². The molecule has 1 aliphatic carbocycles. The summed E-state index contributed by atoms with van der Waals surface area (Å²) in [4.78, 5) is 2.62. The molecular weight excluding hydrogens is 322 g/mol. The van der Waals surface area contributed by atoms with Crippen LogP contribution >= 0.6 is 27.5 Å². The molecule has 1 aromatic rings. The lowest BCUT2D eigenvalue weighted by Crippen LogP contribution is -2.47. The molecule has 2 fully saturated rings. The summed E-state index contributed by atoms with van der Waals surface area (Å²) in [7, 11) is 0. The topological polar surface area (TPSA) is 3.24 Å². The molecule has 2 unspecified atom stereocenters. The van der Waals surface area contributed by atoms with Crippen molar-refractivity contribution >= 4 is 33.2 Å². The number of piperidine rings is 1. The molecular formula is C16H21BrClN. The van der Waals surface area contributed by atoms with Crippen molar-refractivity contribution in [3.05, 3.63) is 28.8 Å². The Hall–Kier alpha value is -0.210. The van der Waals surface area contributed by atoms with E-state index < -0.39 is 0 Å². The highest BCUT2D eigenvalue weighted by Crippen LogP contribution is 2.41. The van der Waals surface area contributed by atoms with Crippen LogP contribution < -0.4 is 4.90 Å². The Balaban J connectivity index is 1.96. The first-order valence-electron chi connectivity index (χ1n) is 7.41. The monoisotopic (exact) mass is 341 g/mol. The fourth-order valence-electron chi connectivity index (χ4n) is 3.89. The van der Waals surface area contributed by atoms with E-state index >= 15 is 0 Å². The van der Waals surface area contributed by atoms with Crippen molar-refractivity contribution in [1.29, 1.82) is 0 Å². The zero-order valence-electron chi connectivity index (χ0n) is 11.2. The highest BCUT2D eigenvalue weighted by molar-refractivity contribution is 9.08. The number of fused-ring (bicyclic) bond motifs is 1. The van der Waals surface area contributed by atoms with Crippen molar-refractivity contribution in [1.82, 2.24) is 0 Å². The van der Waals surface area contributed by atoms with Gasteiger partial charge in [0.1, 0.15) is 0 Å². The van der Waals surface area contributed by atoms with Crippen LogP contribution in [0, 0.1) is 5.92 Å². The third-order valence-electron chi connectivity index (χ3n) is 4.74. The molecule has 0 aromatic heterocycles. The number of anilines is 1. The Morgan fingerprint density at radius 1 is 1.16 bits per heavy atom. The fraction of sp³-hybridized carbons (Fsp3) is 0.625. The summed E-state index contributed by atoms with van der Waals surface area (Å²) in [5.74, 6) is 0.891. The molecule has 0 amide bonds. The first-order valence-corrected chi connectivity index (χ1v) is 8.91. The Morgan fingerprint density at radius 3 is 2.79 bits per heavy atom. The van der Waals surface area contributed by atoms with Crippen molar-refractivity contribution in [2.24, 2.45) is 5.92 Å². The van der Waals surface area contributed by atoms with Crippen LogP contribution in [0.15, 0.2) is 18.2 Å². The van der Waals surface area contributed by atoms with E-state index in [4.69, 9.17) is 11.6 Å². The van der Waals surface area contributed by atoms with E-state index in [1.165, 1.54) is 56.3 Å². The second kappa shape index (κ2) is 6.05. The molecule has 1 saturated heterocycles. The Morgan fingerprint density at radius 2 is 1.95 bits per heavy atom. The average molecular weight is 343 g/mol. The van der Waals surface area contributed by atoms with Gasteiger partial charge in [0.05, 0.1) is 10.7 Å². The third kappa shape index (κ3) is 2.67. The molecule has 0 radical (unpaired) electrons. The molecule has 1 heterocycles. The summed E-state index contributed by atoms with van der Waals surface area (Å²) in [6, 6.07) is 7.02. The molecule has 0 spiro atoms. The van der Waals surface area contributed by atoms with Crippen LogP contribution in [0.5, 0.6) is 0 Å². The Bertz CT molecular complexity index is 446. The van der Waals surface area contributed by atoms with Crippen LogP contribution in [-0.2, 0) is 5.33 Å². The highest BCUT2D eigenvalue weighted by Gasteiger charge is 2.34. The normalized spacial score (nSPS) is 27.2. The van der Waals surface area contributed by atoms with Gasteiger partial charge in [-0.25, -0.2) is 0 Å². The largest absolute Gasteiger partial charge is 0.367 e. The predicted octanol–water partition coefficient (Wildman–Crippen LogP) is 5.39. The van der Waals surface area contributed by atoms with Gasteiger partial charge in [-0.1, -0.05) is 52.5 Å². The van der Waals surface area contributed by atoms with E-state index in [0.29, 0.717) is 0 Å². The van der Waals surface area contributed by atoms with Crippen LogP contribution in [0.25, 0.3) is 0 Å². The minimum absolute atomic E-state index is 0.722. The lowest BCUT2D eigenvalue weighted by Gasteiger charge is -2.46. The van der Waals surface area contributed by atoms with E-state index in [9.17, 15) is 0 Å². The molecule has 0 N–H and O–H groups in total. The number of nitrogens with zero attached hydrogens (tertiary/aromatic N) is 1. The molecule has 3 heteroatoms. The molecule has 2 atom stereocenters. The average Bonchev–Trinajstić information content (AvgIpc) is 2.46. The van der Waals surface area contributed by atoms with E-state index in [0.717, 1.165) is 22.3 Å². The maximum absolute atomic E-state index is 6.51. The summed E-state index contributed by atoms with van der Waals surface area (Å²) < 4.78 is 0. The summed E-state index contributed by atoms with van der Waals surface area (Å²) in [5.41, 5.74) is 2.62. The lowest BCUT2D eigenvalue weighted by atomic mass is 9.78. The van der Waals surface area contributed by atoms with Gasteiger partial charge in [0.25, 0.3) is 0 Å². The summed E-state index contributed by atoms with van der Waals surface area (Å²) in [6.07, 6.45) is 8.28. The highest BCUT2D eigenvalue weighted by atomic mass is 79.9. The van der Waals surface area contributed by atoms with Crippen LogP contribution in [0.3, 0.4) is 0 Å². The number of halogens is 2. The van der Waals surface area contributed by atoms with Crippen molar-refractivity contribution in [2.75, 3.05) is 11.4 Å². The van der Waals surface area contributed by atoms with E-state index in [-0.39, 0.29) is 0 Å². The van der Waals surface area contributed by atoms with Gasteiger partial charge in [-0.2, -0.15) is 0 Å². The van der Waals surface area contributed by atoms with Gasteiger partial charge in [-0.05, 0) is 43.2 Å². The van der Waals surface area contributed by atoms with Crippen LogP contribution in [-0.4, -0.2) is 12.6 Å². The molecule has 19 heavy (non-hydrogen) atoms. The predicted molar refractivity (Wildman–Crippen MR) is 86.4 cm³/mol. The van der Waals surface area contributed by atoms with Crippen LogP contribution in [0.2, 0.25) is 5.02 Å². The van der Waals surface area contributed by atoms with E-state index in [2.05, 4.69) is 33.0 Å². The van der Waals surface area contributed by atoms with Gasteiger partial charge in [0.2, 0.25) is 0 Å². The Kier molecular flexibility index (Phi) is 4.38. The third-order valence-corrected chi connectivity index (χ3v) is 5.65. The van der Waals surface area contributed by atoms with Gasteiger partial charge in [0.15, 0.2) is 0 Å². The molecule has 1 aliphatic heterocycles. The summed E-state index contributed by atoms with van der Waals surface area (Å²) in [5, 5.41) is 1.81. The van der Waals surface area contributed by atoms with Crippen molar-refractivity contribution < 1.29 is 0 Å². The number of rotatable bonds is 2. The molecule has 104 valence electrons. The minimum Gasteiger partial charge on any atom is -0.367 e. The molecule has 2 aliphatic rings. The standard InChI is InChI=1S/C16H21BrClN/c17-11-13-6-3-8-14(18)16(13)19-10-4-7-12-5-1-2-9-15(12)19/h3,6,8,12,15H,1-2,4-5,7,9-11H2. The second-order valence-corrected chi connectivity index (χ2v) is 6.80. The first kappa shape index (κ1) is 13.8. The van der Waals surface area contributed by atoms with E-state index in [1.54, 1.807) is 0 Å². The lowest BCUT2D eigenvalue weighted by molar-refractivity contribution is 0.243. The first-order chi connectivity index (χ1) is 9.31. The van der Waals surface area contributed by atoms with Crippen molar-refractivity contribution in [3.63, 3.8) is 0 Å². The molecule has 1 aromatic carbocycles. The second-order valence-electron chi connectivity index (χ2n) is 5.83.